The molecule has 2 aromatic carbocycles. The molecule has 10 heteroatoms. The summed E-state index contributed by atoms with van der Waals surface area (Å²) in [6.45, 7) is -0.580. The topological polar surface area (TPSA) is 119 Å². The summed E-state index contributed by atoms with van der Waals surface area (Å²) in [6.07, 6.45) is 0. The van der Waals surface area contributed by atoms with E-state index in [0.717, 1.165) is 23.5 Å². The van der Waals surface area contributed by atoms with Gasteiger partial charge in [-0.25, -0.2) is 13.2 Å². The molecule has 1 heterocycles. The molecule has 0 saturated heterocycles. The fourth-order valence-electron chi connectivity index (χ4n) is 2.55. The van der Waals surface area contributed by atoms with E-state index >= 15 is 0 Å². The highest BCUT2D eigenvalue weighted by molar-refractivity contribution is 7.94. The molecule has 0 aliphatic heterocycles. The number of hydrogen-bond acceptors (Lipinski definition) is 8. The van der Waals surface area contributed by atoms with Crippen LogP contribution in [-0.4, -0.2) is 39.0 Å². The summed E-state index contributed by atoms with van der Waals surface area (Å²) in [7, 11) is -2.41. The largest absolute Gasteiger partial charge is 0.507 e. The SMILES string of the molecule is COc1ccccc1C(=O)COC(=O)c1cc(NS(=O)(=O)c2cccs2)ccc1O. The van der Waals surface area contributed by atoms with Gasteiger partial charge in [-0.15, -0.1) is 11.3 Å². The van der Waals surface area contributed by atoms with E-state index in [1.54, 1.807) is 29.6 Å². The van der Waals surface area contributed by atoms with Gasteiger partial charge in [0.2, 0.25) is 5.78 Å². The Morgan fingerprint density at radius 2 is 1.83 bits per heavy atom. The minimum atomic E-state index is -3.83. The van der Waals surface area contributed by atoms with Crippen molar-refractivity contribution in [2.75, 3.05) is 18.4 Å². The molecule has 8 nitrogen and oxygen atoms in total. The monoisotopic (exact) mass is 447 g/mol. The molecular weight excluding hydrogens is 430 g/mol. The van der Waals surface area contributed by atoms with Crippen molar-refractivity contribution >= 4 is 38.8 Å². The number of methoxy groups -OCH3 is 1. The number of phenols is 1. The summed E-state index contributed by atoms with van der Waals surface area (Å²) in [6, 6.07) is 13.1. The maximum absolute atomic E-state index is 12.4. The first-order valence-electron chi connectivity index (χ1n) is 8.54. The number of anilines is 1. The quantitative estimate of drug-likeness (QED) is 0.309. The highest BCUT2D eigenvalue weighted by atomic mass is 32.2. The molecule has 0 spiro atoms. The van der Waals surface area contributed by atoms with E-state index in [9.17, 15) is 23.1 Å². The number of sulfonamides is 1. The molecule has 0 atom stereocenters. The lowest BCUT2D eigenvalue weighted by atomic mass is 10.1. The van der Waals surface area contributed by atoms with Crippen molar-refractivity contribution in [3.63, 3.8) is 0 Å². The van der Waals surface area contributed by atoms with Gasteiger partial charge in [-0.2, -0.15) is 0 Å². The van der Waals surface area contributed by atoms with Gasteiger partial charge in [-0.1, -0.05) is 18.2 Å². The lowest BCUT2D eigenvalue weighted by Gasteiger charge is -2.11. The molecule has 0 amide bonds. The van der Waals surface area contributed by atoms with Crippen molar-refractivity contribution in [1.29, 1.82) is 0 Å². The molecule has 2 N–H and O–H groups in total. The number of benzene rings is 2. The third-order valence-electron chi connectivity index (χ3n) is 3.97. The summed E-state index contributed by atoms with van der Waals surface area (Å²) < 4.78 is 37.2. The minimum absolute atomic E-state index is 0.0594. The summed E-state index contributed by atoms with van der Waals surface area (Å²) in [5.74, 6) is -1.54. The molecule has 156 valence electrons. The zero-order valence-corrected chi connectivity index (χ0v) is 17.3. The molecule has 30 heavy (non-hydrogen) atoms. The van der Waals surface area contributed by atoms with E-state index in [0.29, 0.717) is 5.75 Å². The number of hydrogen-bond donors (Lipinski definition) is 2. The Morgan fingerprint density at radius 1 is 1.07 bits per heavy atom. The van der Waals surface area contributed by atoms with Crippen LogP contribution in [0.1, 0.15) is 20.7 Å². The molecule has 3 rings (SSSR count). The number of ether oxygens (including phenoxy) is 2. The maximum atomic E-state index is 12.4. The van der Waals surface area contributed by atoms with Gasteiger partial charge in [-0.05, 0) is 41.8 Å². The normalized spacial score (nSPS) is 11.0. The number of nitrogens with one attached hydrogen (secondary N) is 1. The standard InChI is InChI=1S/C20H17NO7S2/c1-27-18-6-3-2-5-14(18)17(23)12-28-20(24)15-11-13(8-9-16(15)22)21-30(25,26)19-7-4-10-29-19/h2-11,21-22H,12H2,1H3. The van der Waals surface area contributed by atoms with Gasteiger partial charge < -0.3 is 14.6 Å². The number of thiophene rings is 1. The van der Waals surface area contributed by atoms with Crippen LogP contribution in [0.25, 0.3) is 0 Å². The van der Waals surface area contributed by atoms with Crippen molar-refractivity contribution in [2.24, 2.45) is 0 Å². The molecule has 0 aliphatic rings. The Balaban J connectivity index is 1.73. The van der Waals surface area contributed by atoms with Crippen molar-refractivity contribution in [1.82, 2.24) is 0 Å². The number of carbonyl (C=O) groups excluding carboxylic acids is 2. The van der Waals surface area contributed by atoms with Gasteiger partial charge >= 0.3 is 5.97 Å². The molecule has 1 aromatic heterocycles. The summed E-state index contributed by atoms with van der Waals surface area (Å²) in [5.41, 5.74) is 0.0212. The van der Waals surface area contributed by atoms with Gasteiger partial charge in [-0.3, -0.25) is 9.52 Å². The second-order valence-electron chi connectivity index (χ2n) is 5.97. The Labute approximate surface area is 176 Å². The smallest absolute Gasteiger partial charge is 0.342 e. The van der Waals surface area contributed by atoms with Crippen molar-refractivity contribution in [3.8, 4) is 11.5 Å². The van der Waals surface area contributed by atoms with Crippen LogP contribution in [0.5, 0.6) is 11.5 Å². The lowest BCUT2D eigenvalue weighted by molar-refractivity contribution is 0.0471. The second kappa shape index (κ2) is 8.97. The van der Waals surface area contributed by atoms with Crippen LogP contribution in [0.4, 0.5) is 5.69 Å². The Hall–Kier alpha value is -3.37. The number of ketones is 1. The molecule has 0 bridgehead atoms. The van der Waals surface area contributed by atoms with Crippen LogP contribution in [0.15, 0.2) is 64.2 Å². The van der Waals surface area contributed by atoms with Crippen LogP contribution >= 0.6 is 11.3 Å². The Kier molecular flexibility index (Phi) is 6.38. The van der Waals surface area contributed by atoms with E-state index in [-0.39, 0.29) is 21.0 Å². The fraction of sp³-hybridized carbons (Fsp3) is 0.100. The van der Waals surface area contributed by atoms with Crippen LogP contribution in [-0.2, 0) is 14.8 Å². The molecule has 0 fully saturated rings. The first-order chi connectivity index (χ1) is 14.3. The Bertz CT molecular complexity index is 1170. The highest BCUT2D eigenvalue weighted by Gasteiger charge is 2.20. The second-order valence-corrected chi connectivity index (χ2v) is 8.83. The van der Waals surface area contributed by atoms with E-state index in [1.807, 2.05) is 0 Å². The van der Waals surface area contributed by atoms with Crippen molar-refractivity contribution in [2.45, 2.75) is 4.21 Å². The molecule has 0 aliphatic carbocycles. The number of rotatable bonds is 8. The first-order valence-corrected chi connectivity index (χ1v) is 10.9. The van der Waals surface area contributed by atoms with E-state index in [4.69, 9.17) is 9.47 Å². The highest BCUT2D eigenvalue weighted by Crippen LogP contribution is 2.26. The van der Waals surface area contributed by atoms with Gasteiger partial charge in [0.25, 0.3) is 10.0 Å². The average Bonchev–Trinajstić information content (AvgIpc) is 3.29. The third kappa shape index (κ3) is 4.78. The number of para-hydroxylation sites is 1. The van der Waals surface area contributed by atoms with Gasteiger partial charge in [0.15, 0.2) is 6.61 Å². The zero-order valence-electron chi connectivity index (χ0n) is 15.7. The molecule has 0 saturated carbocycles. The third-order valence-corrected chi connectivity index (χ3v) is 6.75. The van der Waals surface area contributed by atoms with E-state index in [1.165, 1.54) is 25.3 Å². The summed E-state index contributed by atoms with van der Waals surface area (Å²) >= 11 is 1.04. The summed E-state index contributed by atoms with van der Waals surface area (Å²) in [4.78, 5) is 24.7. The predicted molar refractivity (Wildman–Crippen MR) is 111 cm³/mol. The average molecular weight is 447 g/mol. The molecular formula is C20H17NO7S2. The van der Waals surface area contributed by atoms with Gasteiger partial charge in [0, 0.05) is 5.69 Å². The molecule has 3 aromatic rings. The number of aromatic hydroxyl groups is 1. The van der Waals surface area contributed by atoms with Crippen molar-refractivity contribution < 1.29 is 32.6 Å². The van der Waals surface area contributed by atoms with Crippen molar-refractivity contribution in [3.05, 3.63) is 71.1 Å². The fourth-order valence-corrected chi connectivity index (χ4v) is 4.59. The van der Waals surface area contributed by atoms with Crippen LogP contribution in [0, 0.1) is 0 Å². The number of Topliss-reactive ketones (excluding diaryl/α,β-unsaturated/α-hetero) is 1. The minimum Gasteiger partial charge on any atom is -0.507 e. The summed E-state index contributed by atoms with van der Waals surface area (Å²) in [5, 5.41) is 11.6. The van der Waals surface area contributed by atoms with E-state index in [2.05, 4.69) is 4.72 Å². The molecule has 0 radical (unpaired) electrons. The zero-order chi connectivity index (χ0) is 21.7. The van der Waals surface area contributed by atoms with Crippen LogP contribution in [0.2, 0.25) is 0 Å². The maximum Gasteiger partial charge on any atom is 0.342 e. The molecule has 0 unspecified atom stereocenters. The predicted octanol–water partition coefficient (Wildman–Crippen LogP) is 3.30. The van der Waals surface area contributed by atoms with E-state index < -0.39 is 34.1 Å². The number of carbonyl (C=O) groups is 2. The number of esters is 1. The van der Waals surface area contributed by atoms with Gasteiger partial charge in [0.1, 0.15) is 21.3 Å². The first kappa shape index (κ1) is 21.3. The van der Waals surface area contributed by atoms with Crippen LogP contribution in [0.3, 0.4) is 0 Å². The van der Waals surface area contributed by atoms with Crippen LogP contribution < -0.4 is 9.46 Å². The number of phenolic OH excluding ortho intramolecular Hbond substituents is 1. The van der Waals surface area contributed by atoms with Gasteiger partial charge in [0.05, 0.1) is 12.7 Å². The lowest BCUT2D eigenvalue weighted by Crippen LogP contribution is -2.16. The Morgan fingerprint density at radius 3 is 2.53 bits per heavy atom.